The molecule has 0 aliphatic rings. The first-order valence-electron chi connectivity index (χ1n) is 11.3. The summed E-state index contributed by atoms with van der Waals surface area (Å²) in [5.74, 6) is 0.279. The van der Waals surface area contributed by atoms with E-state index in [1.807, 2.05) is 65.8 Å². The van der Waals surface area contributed by atoms with Gasteiger partial charge in [0.1, 0.15) is 11.4 Å². The van der Waals surface area contributed by atoms with Gasteiger partial charge in [-0.3, -0.25) is 9.59 Å². The van der Waals surface area contributed by atoms with Crippen LogP contribution in [0.15, 0.2) is 46.0 Å². The van der Waals surface area contributed by atoms with E-state index < -0.39 is 5.56 Å². The molecule has 2 heterocycles. The molecule has 35 heavy (non-hydrogen) atoms. The molecule has 0 saturated carbocycles. The number of aromatic nitrogens is 3. The molecule has 0 bridgehead atoms. The molecule has 0 fully saturated rings. The van der Waals surface area contributed by atoms with Crippen molar-refractivity contribution in [1.82, 2.24) is 14.6 Å². The first-order valence-corrected chi connectivity index (χ1v) is 12.5. The van der Waals surface area contributed by atoms with E-state index in [2.05, 4.69) is 10.1 Å². The molecule has 0 radical (unpaired) electrons. The third-order valence-electron chi connectivity index (χ3n) is 5.78. The molecule has 0 atom stereocenters. The molecule has 4 rings (SSSR count). The van der Waals surface area contributed by atoms with Gasteiger partial charge < -0.3 is 5.11 Å². The van der Waals surface area contributed by atoms with E-state index in [0.29, 0.717) is 9.55 Å². The summed E-state index contributed by atoms with van der Waals surface area (Å²) in [6.07, 6.45) is 2.03. The molecule has 2 aromatic carbocycles. The van der Waals surface area contributed by atoms with Gasteiger partial charge in [0.25, 0.3) is 11.1 Å². The number of halogens is 1. The Balaban J connectivity index is 1.86. The van der Waals surface area contributed by atoms with Crippen LogP contribution in [0.3, 0.4) is 0 Å². The van der Waals surface area contributed by atoms with Crippen molar-refractivity contribution in [3.8, 4) is 5.75 Å². The van der Waals surface area contributed by atoms with Crippen molar-refractivity contribution >= 4 is 34.0 Å². The van der Waals surface area contributed by atoms with Crippen molar-refractivity contribution in [3.05, 3.63) is 94.6 Å². The molecule has 182 valence electrons. The van der Waals surface area contributed by atoms with Gasteiger partial charge in [-0.05, 0) is 52.3 Å². The molecule has 0 aliphatic heterocycles. The minimum absolute atomic E-state index is 0.195. The summed E-state index contributed by atoms with van der Waals surface area (Å²) in [6, 6.07) is 10.9. The van der Waals surface area contributed by atoms with Crippen molar-refractivity contribution in [2.24, 2.45) is 0 Å². The summed E-state index contributed by atoms with van der Waals surface area (Å²) in [7, 11) is 0. The van der Waals surface area contributed by atoms with Crippen LogP contribution in [0, 0.1) is 0 Å². The Bertz CT molecular complexity index is 1560. The second kappa shape index (κ2) is 8.88. The van der Waals surface area contributed by atoms with Crippen molar-refractivity contribution in [1.29, 1.82) is 0 Å². The molecule has 6 nitrogen and oxygen atoms in total. The third-order valence-corrected chi connectivity index (χ3v) is 6.99. The van der Waals surface area contributed by atoms with Crippen LogP contribution in [0.25, 0.3) is 11.0 Å². The number of phenols is 1. The van der Waals surface area contributed by atoms with Gasteiger partial charge in [0.2, 0.25) is 4.96 Å². The minimum Gasteiger partial charge on any atom is -0.507 e. The Morgan fingerprint density at radius 3 is 2.11 bits per heavy atom. The number of rotatable bonds is 3. The maximum absolute atomic E-state index is 13.2. The van der Waals surface area contributed by atoms with Crippen molar-refractivity contribution in [2.75, 3.05) is 0 Å². The minimum atomic E-state index is -0.456. The number of benzene rings is 2. The van der Waals surface area contributed by atoms with E-state index >= 15 is 0 Å². The number of nitrogens with zero attached hydrogens (tertiary/aromatic N) is 3. The van der Waals surface area contributed by atoms with Gasteiger partial charge in [0, 0.05) is 22.6 Å². The molecule has 0 aliphatic carbocycles. The van der Waals surface area contributed by atoms with Crippen LogP contribution in [-0.2, 0) is 17.3 Å². The Morgan fingerprint density at radius 2 is 1.57 bits per heavy atom. The van der Waals surface area contributed by atoms with E-state index in [-0.39, 0.29) is 39.2 Å². The Hall–Kier alpha value is -3.03. The van der Waals surface area contributed by atoms with Gasteiger partial charge in [-0.2, -0.15) is 14.6 Å². The van der Waals surface area contributed by atoms with Crippen LogP contribution in [0.5, 0.6) is 5.75 Å². The second-order valence-electron chi connectivity index (χ2n) is 10.7. The number of fused-ring (bicyclic) bond motifs is 1. The highest BCUT2D eigenvalue weighted by atomic mass is 35.5. The van der Waals surface area contributed by atoms with Crippen molar-refractivity contribution < 1.29 is 5.11 Å². The molecule has 8 heteroatoms. The quantitative estimate of drug-likeness (QED) is 0.436. The molecule has 0 spiro atoms. The summed E-state index contributed by atoms with van der Waals surface area (Å²) < 4.78 is 1.61. The zero-order valence-electron chi connectivity index (χ0n) is 20.6. The van der Waals surface area contributed by atoms with Crippen LogP contribution in [-0.4, -0.2) is 19.7 Å². The zero-order valence-corrected chi connectivity index (χ0v) is 22.2. The van der Waals surface area contributed by atoms with Gasteiger partial charge in [-0.25, -0.2) is 0 Å². The maximum atomic E-state index is 13.2. The first-order chi connectivity index (χ1) is 16.2. The van der Waals surface area contributed by atoms with Crippen LogP contribution in [0.4, 0.5) is 0 Å². The lowest BCUT2D eigenvalue weighted by Gasteiger charge is -2.27. The van der Waals surface area contributed by atoms with Gasteiger partial charge in [-0.15, -0.1) is 0 Å². The summed E-state index contributed by atoms with van der Waals surface area (Å²) >= 11 is 7.06. The Kier molecular flexibility index (Phi) is 6.36. The zero-order chi connectivity index (χ0) is 25.7. The highest BCUT2D eigenvalue weighted by Crippen LogP contribution is 2.39. The lowest BCUT2D eigenvalue weighted by Crippen LogP contribution is -2.28. The second-order valence-corrected chi connectivity index (χ2v) is 12.2. The number of hydrogen-bond acceptors (Lipinski definition) is 6. The summed E-state index contributed by atoms with van der Waals surface area (Å²) in [6.45, 7) is 12.2. The first kappa shape index (κ1) is 25.1. The Morgan fingerprint density at radius 1 is 1.00 bits per heavy atom. The maximum Gasteiger partial charge on any atom is 0.296 e. The molecule has 0 saturated heterocycles. The molecular formula is C27H28ClN3O3S. The number of thiazole rings is 1. The standard InChI is InChI=1S/C27H28ClN3O3S/c1-26(2,3)18-11-16(12-19(22(18)32)27(4,5)6)14-21-24(34)31-25(35-21)29-23(33)20(30-31)13-15-7-9-17(28)10-8-15/h7-12,14,32H,13H2,1-6H3/b21-14-. The summed E-state index contributed by atoms with van der Waals surface area (Å²) in [5.41, 5.74) is 2.08. The lowest BCUT2D eigenvalue weighted by atomic mass is 9.78. The molecule has 1 N–H and O–H groups in total. The number of phenolic OH excluding ortho intramolecular Hbond substituents is 1. The van der Waals surface area contributed by atoms with Gasteiger partial charge >= 0.3 is 0 Å². The fourth-order valence-electron chi connectivity index (χ4n) is 3.88. The topological polar surface area (TPSA) is 84.6 Å². The van der Waals surface area contributed by atoms with Crippen LogP contribution >= 0.6 is 22.9 Å². The van der Waals surface area contributed by atoms with Gasteiger partial charge in [0.15, 0.2) is 0 Å². The molecular weight excluding hydrogens is 482 g/mol. The van der Waals surface area contributed by atoms with Crippen LogP contribution in [0.2, 0.25) is 5.02 Å². The van der Waals surface area contributed by atoms with Crippen LogP contribution < -0.4 is 15.7 Å². The van der Waals surface area contributed by atoms with Crippen molar-refractivity contribution in [2.45, 2.75) is 58.8 Å². The van der Waals surface area contributed by atoms with E-state index in [9.17, 15) is 14.7 Å². The largest absolute Gasteiger partial charge is 0.507 e. The van der Waals surface area contributed by atoms with Crippen molar-refractivity contribution in [3.63, 3.8) is 0 Å². The van der Waals surface area contributed by atoms with E-state index in [1.54, 1.807) is 18.2 Å². The summed E-state index contributed by atoms with van der Waals surface area (Å²) in [4.78, 5) is 30.1. The summed E-state index contributed by atoms with van der Waals surface area (Å²) in [5, 5.41) is 15.9. The lowest BCUT2D eigenvalue weighted by molar-refractivity contribution is 0.423. The molecule has 4 aromatic rings. The molecule has 0 amide bonds. The monoisotopic (exact) mass is 509 g/mol. The normalized spacial score (nSPS) is 13.1. The van der Waals surface area contributed by atoms with E-state index in [0.717, 1.165) is 33.6 Å². The SMILES string of the molecule is CC(C)(C)c1cc(/C=c2\sc3nc(=O)c(Cc4ccc(Cl)cc4)nn3c2=O)cc(C(C)(C)C)c1O. The fraction of sp³-hybridized carbons (Fsp3) is 0.333. The average molecular weight is 510 g/mol. The number of aromatic hydroxyl groups is 1. The molecule has 0 unspecified atom stereocenters. The Labute approximate surface area is 212 Å². The van der Waals surface area contributed by atoms with Gasteiger partial charge in [0.05, 0.1) is 4.53 Å². The van der Waals surface area contributed by atoms with E-state index in [1.165, 1.54) is 4.52 Å². The third kappa shape index (κ3) is 5.16. The molecule has 2 aromatic heterocycles. The highest BCUT2D eigenvalue weighted by molar-refractivity contribution is 7.15. The van der Waals surface area contributed by atoms with Crippen LogP contribution in [0.1, 0.15) is 69.5 Å². The smallest absolute Gasteiger partial charge is 0.296 e. The predicted molar refractivity (Wildman–Crippen MR) is 142 cm³/mol. The average Bonchev–Trinajstić information content (AvgIpc) is 3.03. The van der Waals surface area contributed by atoms with Gasteiger partial charge in [-0.1, -0.05) is 76.6 Å². The highest BCUT2D eigenvalue weighted by Gasteiger charge is 2.26. The van der Waals surface area contributed by atoms with E-state index in [4.69, 9.17) is 11.6 Å². The predicted octanol–water partition coefficient (Wildman–Crippen LogP) is 4.60. The fourth-order valence-corrected chi connectivity index (χ4v) is 4.91. The number of hydrogen-bond donors (Lipinski definition) is 1.